The van der Waals surface area contributed by atoms with E-state index in [4.69, 9.17) is 4.74 Å². The second kappa shape index (κ2) is 7.33. The van der Waals surface area contributed by atoms with Gasteiger partial charge in [0.05, 0.1) is 0 Å². The molecule has 0 radical (unpaired) electrons. The van der Waals surface area contributed by atoms with Crippen molar-refractivity contribution in [1.29, 1.82) is 0 Å². The molecule has 1 amide bonds. The molecule has 0 aliphatic carbocycles. The highest BCUT2D eigenvalue weighted by Crippen LogP contribution is 2.10. The van der Waals surface area contributed by atoms with Crippen molar-refractivity contribution < 1.29 is 13.9 Å². The van der Waals surface area contributed by atoms with Gasteiger partial charge >= 0.3 is 0 Å². The molecule has 0 fully saturated rings. The van der Waals surface area contributed by atoms with Crippen LogP contribution in [0.2, 0.25) is 0 Å². The zero-order valence-electron chi connectivity index (χ0n) is 11.1. The van der Waals surface area contributed by atoms with Crippen molar-refractivity contribution in [3.05, 3.63) is 54.6 Å². The summed E-state index contributed by atoms with van der Waals surface area (Å²) in [6, 6.07) is 9.52. The first kappa shape index (κ1) is 14.1. The van der Waals surface area contributed by atoms with Crippen LogP contribution in [0.1, 0.15) is 6.42 Å². The monoisotopic (exact) mass is 276 g/mol. The third-order valence-electron chi connectivity index (χ3n) is 2.77. The summed E-state index contributed by atoms with van der Waals surface area (Å²) >= 11 is 0. The van der Waals surface area contributed by atoms with Crippen LogP contribution < -0.4 is 10.1 Å². The van der Waals surface area contributed by atoms with Crippen molar-refractivity contribution in [3.8, 4) is 5.75 Å². The Hall–Kier alpha value is -2.30. The van der Waals surface area contributed by atoms with Crippen molar-refractivity contribution in [3.63, 3.8) is 0 Å². The molecule has 1 aromatic heterocycles. The molecule has 1 aromatic carbocycles. The molecule has 1 N–H and O–H groups in total. The fourth-order valence-electron chi connectivity index (χ4n) is 1.74. The largest absolute Gasteiger partial charge is 0.484 e. The Kier molecular flexibility index (Phi) is 5.17. The zero-order valence-corrected chi connectivity index (χ0v) is 11.1. The van der Waals surface area contributed by atoms with Crippen molar-refractivity contribution in [1.82, 2.24) is 9.88 Å². The summed E-state index contributed by atoms with van der Waals surface area (Å²) in [6.45, 7) is 1.41. The van der Waals surface area contributed by atoms with Gasteiger partial charge in [0, 0.05) is 25.5 Å². The van der Waals surface area contributed by atoms with Gasteiger partial charge in [-0.15, -0.1) is 0 Å². The number of halogens is 1. The lowest BCUT2D eigenvalue weighted by Gasteiger charge is -2.08. The summed E-state index contributed by atoms with van der Waals surface area (Å²) in [4.78, 5) is 11.5. The first-order valence-electron chi connectivity index (χ1n) is 6.50. The summed E-state index contributed by atoms with van der Waals surface area (Å²) in [5, 5.41) is 2.78. The fourth-order valence-corrected chi connectivity index (χ4v) is 1.74. The van der Waals surface area contributed by atoms with Crippen molar-refractivity contribution in [2.24, 2.45) is 0 Å². The predicted molar refractivity (Wildman–Crippen MR) is 74.0 cm³/mol. The van der Waals surface area contributed by atoms with E-state index in [9.17, 15) is 9.18 Å². The second-order valence-electron chi connectivity index (χ2n) is 4.37. The number of hydrogen-bond donors (Lipinski definition) is 1. The summed E-state index contributed by atoms with van der Waals surface area (Å²) in [5.41, 5.74) is 0. The third-order valence-corrected chi connectivity index (χ3v) is 2.77. The number of ether oxygens (including phenoxy) is 1. The second-order valence-corrected chi connectivity index (χ2v) is 4.37. The highest BCUT2D eigenvalue weighted by atomic mass is 19.1. The quantitative estimate of drug-likeness (QED) is 0.788. The Bertz CT molecular complexity index is 523. The van der Waals surface area contributed by atoms with Gasteiger partial charge in [-0.2, -0.15) is 0 Å². The number of nitrogens with one attached hydrogen (secondary N) is 1. The van der Waals surface area contributed by atoms with Crippen LogP contribution in [0.3, 0.4) is 0 Å². The van der Waals surface area contributed by atoms with Gasteiger partial charge in [0.15, 0.2) is 6.61 Å². The molecule has 0 aliphatic rings. The van der Waals surface area contributed by atoms with Crippen LogP contribution in [0, 0.1) is 5.82 Å². The van der Waals surface area contributed by atoms with E-state index < -0.39 is 0 Å². The lowest BCUT2D eigenvalue weighted by atomic mass is 10.3. The maximum atomic E-state index is 12.7. The van der Waals surface area contributed by atoms with Gasteiger partial charge < -0.3 is 14.6 Å². The van der Waals surface area contributed by atoms with E-state index in [1.165, 1.54) is 24.3 Å². The molecule has 0 bridgehead atoms. The first-order chi connectivity index (χ1) is 9.74. The van der Waals surface area contributed by atoms with Crippen LogP contribution >= 0.6 is 0 Å². The van der Waals surface area contributed by atoms with Crippen molar-refractivity contribution in [2.75, 3.05) is 13.2 Å². The van der Waals surface area contributed by atoms with Gasteiger partial charge in [0.2, 0.25) is 0 Å². The number of nitrogens with zero attached hydrogens (tertiary/aromatic N) is 1. The van der Waals surface area contributed by atoms with E-state index in [0.29, 0.717) is 12.3 Å². The van der Waals surface area contributed by atoms with Gasteiger partial charge in [0.25, 0.3) is 5.91 Å². The highest BCUT2D eigenvalue weighted by molar-refractivity contribution is 5.77. The number of carbonyl (C=O) groups is 1. The number of aryl methyl sites for hydroxylation is 1. The maximum absolute atomic E-state index is 12.7. The van der Waals surface area contributed by atoms with Crippen LogP contribution in [0.5, 0.6) is 5.75 Å². The number of amides is 1. The molecule has 5 heteroatoms. The van der Waals surface area contributed by atoms with Crippen molar-refractivity contribution in [2.45, 2.75) is 13.0 Å². The van der Waals surface area contributed by atoms with Crippen LogP contribution in [0.15, 0.2) is 48.8 Å². The number of hydrogen-bond acceptors (Lipinski definition) is 2. The Balaban J connectivity index is 1.59. The van der Waals surface area contributed by atoms with Crippen LogP contribution in [-0.4, -0.2) is 23.6 Å². The average Bonchev–Trinajstić information content (AvgIpc) is 2.96. The molecule has 0 spiro atoms. The maximum Gasteiger partial charge on any atom is 0.257 e. The Morgan fingerprint density at radius 3 is 2.60 bits per heavy atom. The van der Waals surface area contributed by atoms with Crippen LogP contribution in [0.25, 0.3) is 0 Å². The van der Waals surface area contributed by atoms with E-state index in [-0.39, 0.29) is 18.3 Å². The summed E-state index contributed by atoms with van der Waals surface area (Å²) < 4.78 is 20.0. The van der Waals surface area contributed by atoms with E-state index in [0.717, 1.165) is 13.0 Å². The Morgan fingerprint density at radius 2 is 1.90 bits per heavy atom. The van der Waals surface area contributed by atoms with E-state index >= 15 is 0 Å². The fraction of sp³-hybridized carbons (Fsp3) is 0.267. The number of aromatic nitrogens is 1. The number of benzene rings is 1. The average molecular weight is 276 g/mol. The molecular formula is C15H17FN2O2. The molecule has 0 unspecified atom stereocenters. The minimum atomic E-state index is -0.327. The predicted octanol–water partition coefficient (Wildman–Crippen LogP) is 2.21. The molecule has 2 rings (SSSR count). The summed E-state index contributed by atoms with van der Waals surface area (Å²) in [5.74, 6) is -0.0254. The molecule has 1 heterocycles. The molecule has 0 atom stereocenters. The third kappa shape index (κ3) is 4.76. The lowest BCUT2D eigenvalue weighted by Crippen LogP contribution is -2.30. The minimum absolute atomic E-state index is 0.0604. The molecule has 0 saturated carbocycles. The topological polar surface area (TPSA) is 43.3 Å². The molecule has 0 saturated heterocycles. The summed E-state index contributed by atoms with van der Waals surface area (Å²) in [7, 11) is 0. The van der Waals surface area contributed by atoms with Gasteiger partial charge in [-0.3, -0.25) is 4.79 Å². The summed E-state index contributed by atoms with van der Waals surface area (Å²) in [6.07, 6.45) is 4.83. The van der Waals surface area contributed by atoms with E-state index in [1.807, 2.05) is 24.5 Å². The molecular weight excluding hydrogens is 259 g/mol. The van der Waals surface area contributed by atoms with Gasteiger partial charge in [0.1, 0.15) is 11.6 Å². The van der Waals surface area contributed by atoms with E-state index in [1.54, 1.807) is 0 Å². The molecule has 2 aromatic rings. The van der Waals surface area contributed by atoms with E-state index in [2.05, 4.69) is 9.88 Å². The number of carbonyl (C=O) groups excluding carboxylic acids is 1. The minimum Gasteiger partial charge on any atom is -0.484 e. The lowest BCUT2D eigenvalue weighted by molar-refractivity contribution is -0.123. The molecule has 20 heavy (non-hydrogen) atoms. The smallest absolute Gasteiger partial charge is 0.257 e. The molecule has 0 aliphatic heterocycles. The highest BCUT2D eigenvalue weighted by Gasteiger charge is 2.02. The zero-order chi connectivity index (χ0) is 14.2. The standard InChI is InChI=1S/C15H17FN2O2/c16-13-4-6-14(7-5-13)20-12-15(19)17-8-3-11-18-9-1-2-10-18/h1-2,4-7,9-10H,3,8,11-12H2,(H,17,19). The SMILES string of the molecule is O=C(COc1ccc(F)cc1)NCCCn1cccc1. The Morgan fingerprint density at radius 1 is 1.20 bits per heavy atom. The van der Waals surface area contributed by atoms with Crippen LogP contribution in [0.4, 0.5) is 4.39 Å². The Labute approximate surface area is 117 Å². The van der Waals surface area contributed by atoms with Gasteiger partial charge in [-0.25, -0.2) is 4.39 Å². The molecule has 4 nitrogen and oxygen atoms in total. The molecule has 106 valence electrons. The number of rotatable bonds is 7. The van der Waals surface area contributed by atoms with Crippen LogP contribution in [-0.2, 0) is 11.3 Å². The first-order valence-corrected chi connectivity index (χ1v) is 6.50. The normalized spacial score (nSPS) is 10.2. The van der Waals surface area contributed by atoms with Gasteiger partial charge in [-0.05, 0) is 42.8 Å². The van der Waals surface area contributed by atoms with Crippen molar-refractivity contribution >= 4 is 5.91 Å². The van der Waals surface area contributed by atoms with Gasteiger partial charge in [-0.1, -0.05) is 0 Å².